The van der Waals surface area contributed by atoms with Gasteiger partial charge in [0.05, 0.1) is 0 Å². The molecule has 0 N–H and O–H groups in total. The monoisotopic (exact) mass is 299 g/mol. The Morgan fingerprint density at radius 1 is 1.05 bits per heavy atom. The van der Waals surface area contributed by atoms with E-state index in [1.54, 1.807) is 25.2 Å². The zero-order chi connectivity index (χ0) is 16.3. The fourth-order valence-electron chi connectivity index (χ4n) is 2.28. The topological polar surface area (TPSA) is 41.6 Å². The van der Waals surface area contributed by atoms with Crippen LogP contribution in [0.15, 0.2) is 36.4 Å². The lowest BCUT2D eigenvalue weighted by atomic mass is 10.0. The van der Waals surface area contributed by atoms with Crippen LogP contribution in [0.5, 0.6) is 0 Å². The summed E-state index contributed by atoms with van der Waals surface area (Å²) in [7, 11) is 1.64. The summed E-state index contributed by atoms with van der Waals surface area (Å²) < 4.78 is 28.7. The van der Waals surface area contributed by atoms with E-state index >= 15 is 0 Å². The molecule has 0 atom stereocenters. The molecule has 0 radical (unpaired) electrons. The van der Waals surface area contributed by atoms with Crippen molar-refractivity contribution in [3.8, 4) is 17.2 Å². The molecule has 1 aromatic heterocycles. The van der Waals surface area contributed by atoms with Gasteiger partial charge in [-0.25, -0.2) is 8.78 Å². The number of halogens is 2. The minimum absolute atomic E-state index is 0.137. The molecule has 0 bridgehead atoms. The highest BCUT2D eigenvalue weighted by molar-refractivity contribution is 5.96. The van der Waals surface area contributed by atoms with Crippen LogP contribution in [0.2, 0.25) is 0 Å². The van der Waals surface area contributed by atoms with Crippen molar-refractivity contribution < 1.29 is 8.78 Å². The van der Waals surface area contributed by atoms with Gasteiger partial charge in [-0.3, -0.25) is 4.68 Å². The smallest absolute Gasteiger partial charge is 0.166 e. The van der Waals surface area contributed by atoms with Crippen LogP contribution in [-0.2, 0) is 7.05 Å². The maximum atomic E-state index is 13.9. The second-order valence-corrected chi connectivity index (χ2v) is 4.39. The first-order chi connectivity index (χ1) is 10.6. The van der Waals surface area contributed by atoms with Crippen LogP contribution in [0, 0.1) is 23.0 Å². The zero-order valence-corrected chi connectivity index (χ0v) is 12.6. The number of hydrogen-bond acceptors (Lipinski definition) is 2. The minimum atomic E-state index is -0.913. The number of nitriles is 1. The fourth-order valence-corrected chi connectivity index (χ4v) is 2.28. The summed E-state index contributed by atoms with van der Waals surface area (Å²) in [5, 5.41) is 14.0. The summed E-state index contributed by atoms with van der Waals surface area (Å²) in [6.07, 6.45) is 0. The lowest BCUT2D eigenvalue weighted by molar-refractivity contribution is 0.511. The Morgan fingerprint density at radius 2 is 1.68 bits per heavy atom. The highest BCUT2D eigenvalue weighted by atomic mass is 19.2. The average Bonchev–Trinajstić information content (AvgIpc) is 2.87. The number of benzene rings is 2. The summed E-state index contributed by atoms with van der Waals surface area (Å²) in [6, 6.07) is 11.2. The summed E-state index contributed by atoms with van der Waals surface area (Å²) in [4.78, 5) is 0. The number of fused-ring (bicyclic) bond motifs is 1. The van der Waals surface area contributed by atoms with Crippen molar-refractivity contribution >= 4 is 10.9 Å². The molecule has 3 aromatic rings. The van der Waals surface area contributed by atoms with Crippen LogP contribution < -0.4 is 0 Å². The van der Waals surface area contributed by atoms with E-state index < -0.39 is 11.6 Å². The zero-order valence-electron chi connectivity index (χ0n) is 12.6. The third-order valence-corrected chi connectivity index (χ3v) is 3.21. The molecular formula is C17H15F2N3. The average molecular weight is 299 g/mol. The van der Waals surface area contributed by atoms with E-state index in [-0.39, 0.29) is 5.56 Å². The van der Waals surface area contributed by atoms with Crippen molar-refractivity contribution in [1.82, 2.24) is 9.78 Å². The molecule has 22 heavy (non-hydrogen) atoms. The Kier molecular flexibility index (Phi) is 4.52. The van der Waals surface area contributed by atoms with Crippen LogP contribution in [0.4, 0.5) is 8.78 Å². The van der Waals surface area contributed by atoms with Crippen molar-refractivity contribution in [2.75, 3.05) is 0 Å². The molecule has 0 aliphatic heterocycles. The molecule has 3 rings (SSSR count). The molecule has 1 heterocycles. The van der Waals surface area contributed by atoms with Gasteiger partial charge in [-0.05, 0) is 12.1 Å². The molecule has 0 saturated carbocycles. The molecule has 0 fully saturated rings. The van der Waals surface area contributed by atoms with Crippen LogP contribution in [0.3, 0.4) is 0 Å². The SMILES string of the molecule is CC.Cn1nc2c(-c3cccc(F)c3F)cccc2c1C#N. The van der Waals surface area contributed by atoms with Gasteiger partial charge < -0.3 is 0 Å². The van der Waals surface area contributed by atoms with E-state index in [0.717, 1.165) is 6.07 Å². The first kappa shape index (κ1) is 15.6. The van der Waals surface area contributed by atoms with E-state index in [1.165, 1.54) is 16.8 Å². The number of aromatic nitrogens is 2. The van der Waals surface area contributed by atoms with Gasteiger partial charge >= 0.3 is 0 Å². The number of hydrogen-bond donors (Lipinski definition) is 0. The molecule has 0 saturated heterocycles. The van der Waals surface area contributed by atoms with E-state index in [2.05, 4.69) is 11.2 Å². The number of aryl methyl sites for hydroxylation is 1. The Bertz CT molecular complexity index is 860. The molecule has 0 spiro atoms. The van der Waals surface area contributed by atoms with E-state index in [9.17, 15) is 8.78 Å². The molecule has 2 aromatic carbocycles. The van der Waals surface area contributed by atoms with Gasteiger partial charge in [0, 0.05) is 23.6 Å². The molecule has 0 unspecified atom stereocenters. The van der Waals surface area contributed by atoms with Gasteiger partial charge in [-0.15, -0.1) is 0 Å². The third kappa shape index (κ3) is 2.44. The maximum absolute atomic E-state index is 13.9. The Morgan fingerprint density at radius 3 is 2.36 bits per heavy atom. The molecule has 0 aliphatic rings. The molecule has 112 valence electrons. The predicted molar refractivity (Wildman–Crippen MR) is 82.1 cm³/mol. The van der Waals surface area contributed by atoms with Crippen molar-refractivity contribution in [3.05, 3.63) is 53.7 Å². The molecule has 5 heteroatoms. The van der Waals surface area contributed by atoms with Crippen molar-refractivity contribution in [1.29, 1.82) is 5.26 Å². The Hall–Kier alpha value is -2.74. The summed E-state index contributed by atoms with van der Waals surface area (Å²) >= 11 is 0. The van der Waals surface area contributed by atoms with E-state index in [0.29, 0.717) is 22.2 Å². The lowest BCUT2D eigenvalue weighted by Crippen LogP contribution is -1.93. The van der Waals surface area contributed by atoms with Crippen molar-refractivity contribution in [3.63, 3.8) is 0 Å². The Balaban J connectivity index is 0.000000847. The van der Waals surface area contributed by atoms with Gasteiger partial charge in [0.15, 0.2) is 11.6 Å². The summed E-state index contributed by atoms with van der Waals surface area (Å²) in [5.41, 5.74) is 1.48. The van der Waals surface area contributed by atoms with Gasteiger partial charge in [0.1, 0.15) is 17.3 Å². The first-order valence-corrected chi connectivity index (χ1v) is 6.93. The van der Waals surface area contributed by atoms with Gasteiger partial charge in [-0.1, -0.05) is 38.1 Å². The van der Waals surface area contributed by atoms with Crippen LogP contribution in [0.25, 0.3) is 22.0 Å². The fraction of sp³-hybridized carbons (Fsp3) is 0.176. The highest BCUT2D eigenvalue weighted by Gasteiger charge is 2.16. The van der Waals surface area contributed by atoms with Crippen LogP contribution in [-0.4, -0.2) is 9.78 Å². The van der Waals surface area contributed by atoms with Crippen molar-refractivity contribution in [2.45, 2.75) is 13.8 Å². The maximum Gasteiger partial charge on any atom is 0.166 e. The standard InChI is InChI=1S/C15H9F2N3.C2H6/c1-20-13(8-18)11-6-2-5-10(15(11)19-20)9-4-3-7-12(16)14(9)17;1-2/h2-7H,1H3;1-2H3. The minimum Gasteiger partial charge on any atom is -0.257 e. The number of rotatable bonds is 1. The lowest BCUT2D eigenvalue weighted by Gasteiger charge is -2.04. The van der Waals surface area contributed by atoms with Gasteiger partial charge in [-0.2, -0.15) is 10.4 Å². The van der Waals surface area contributed by atoms with E-state index in [4.69, 9.17) is 5.26 Å². The Labute approximate surface area is 127 Å². The molecular weight excluding hydrogens is 284 g/mol. The largest absolute Gasteiger partial charge is 0.257 e. The normalized spacial score (nSPS) is 10.0. The summed E-state index contributed by atoms with van der Waals surface area (Å²) in [6.45, 7) is 4.00. The molecule has 0 aliphatic carbocycles. The molecule has 0 amide bonds. The number of nitrogens with zero attached hydrogens (tertiary/aromatic N) is 3. The molecule has 3 nitrogen and oxygen atoms in total. The second-order valence-electron chi connectivity index (χ2n) is 4.39. The van der Waals surface area contributed by atoms with Crippen LogP contribution in [0.1, 0.15) is 19.5 Å². The van der Waals surface area contributed by atoms with Crippen molar-refractivity contribution in [2.24, 2.45) is 7.05 Å². The second kappa shape index (κ2) is 6.35. The van der Waals surface area contributed by atoms with E-state index in [1.807, 2.05) is 13.8 Å². The quantitative estimate of drug-likeness (QED) is 0.667. The first-order valence-electron chi connectivity index (χ1n) is 6.93. The highest BCUT2D eigenvalue weighted by Crippen LogP contribution is 2.31. The van der Waals surface area contributed by atoms with Crippen LogP contribution >= 0.6 is 0 Å². The third-order valence-electron chi connectivity index (χ3n) is 3.21. The summed E-state index contributed by atoms with van der Waals surface area (Å²) in [5.74, 6) is -1.82. The predicted octanol–water partition coefficient (Wildman–Crippen LogP) is 4.42. The van der Waals surface area contributed by atoms with Gasteiger partial charge in [0.25, 0.3) is 0 Å². The van der Waals surface area contributed by atoms with Gasteiger partial charge in [0.2, 0.25) is 0 Å².